The van der Waals surface area contributed by atoms with E-state index in [2.05, 4.69) is 15.7 Å². The van der Waals surface area contributed by atoms with E-state index in [-0.39, 0.29) is 0 Å². The fourth-order valence-corrected chi connectivity index (χ4v) is 3.70. The van der Waals surface area contributed by atoms with Gasteiger partial charge in [0.1, 0.15) is 5.82 Å². The van der Waals surface area contributed by atoms with E-state index in [1.54, 1.807) is 29.2 Å². The van der Waals surface area contributed by atoms with Crippen LogP contribution >= 0.6 is 0 Å². The fraction of sp³-hybridized carbons (Fsp3) is 0.500. The smallest absolute Gasteiger partial charge is 0.261 e. The summed E-state index contributed by atoms with van der Waals surface area (Å²) in [6.07, 6.45) is 6.74. The van der Waals surface area contributed by atoms with Crippen LogP contribution in [0.1, 0.15) is 49.2 Å². The zero-order chi connectivity index (χ0) is 17.2. The van der Waals surface area contributed by atoms with E-state index in [0.717, 1.165) is 31.1 Å². The first-order chi connectivity index (χ1) is 12.2. The molecule has 1 atom stereocenters. The first-order valence-corrected chi connectivity index (χ1v) is 9.21. The molecule has 1 aliphatic heterocycles. The van der Waals surface area contributed by atoms with E-state index in [0.29, 0.717) is 24.6 Å². The fourth-order valence-electron chi connectivity index (χ4n) is 3.70. The molecule has 4 rings (SSSR count). The van der Waals surface area contributed by atoms with Crippen LogP contribution in [0.5, 0.6) is 0 Å². The molecule has 5 heteroatoms. The summed E-state index contributed by atoms with van der Waals surface area (Å²) in [7, 11) is 0. The Morgan fingerprint density at radius 3 is 2.56 bits per heavy atom. The molecule has 0 spiro atoms. The minimum absolute atomic E-state index is 0.368. The number of rotatable bonds is 5. The summed E-state index contributed by atoms with van der Waals surface area (Å²) >= 11 is 0. The predicted octanol–water partition coefficient (Wildman–Crippen LogP) is 3.71. The predicted molar refractivity (Wildman–Crippen MR) is 93.8 cm³/mol. The van der Waals surface area contributed by atoms with Crippen molar-refractivity contribution >= 4 is 5.91 Å². The van der Waals surface area contributed by atoms with Gasteiger partial charge in [0.15, 0.2) is 0 Å². The van der Waals surface area contributed by atoms with Gasteiger partial charge >= 0.3 is 0 Å². The number of halogens is 1. The first-order valence-electron chi connectivity index (χ1n) is 9.21. The number of imidazole rings is 1. The lowest BCUT2D eigenvalue weighted by Crippen LogP contribution is -2.40. The van der Waals surface area contributed by atoms with Crippen LogP contribution in [0.4, 0.5) is 4.39 Å². The highest BCUT2D eigenvalue weighted by molar-refractivity contribution is 5.82. The van der Waals surface area contributed by atoms with Crippen LogP contribution in [0.15, 0.2) is 42.7 Å². The van der Waals surface area contributed by atoms with Crippen LogP contribution in [0.2, 0.25) is 0 Å². The Hall–Kier alpha value is -2.17. The molecule has 2 aromatic rings. The average Bonchev–Trinajstić information content (AvgIpc) is 3.36. The molecule has 0 bridgehead atoms. The lowest BCUT2D eigenvalue weighted by atomic mass is 9.95. The second-order valence-corrected chi connectivity index (χ2v) is 7.25. The number of hydrogen-bond acceptors (Lipinski definition) is 2. The first kappa shape index (κ1) is 16.3. The summed E-state index contributed by atoms with van der Waals surface area (Å²) in [6.45, 7) is 2.27. The highest BCUT2D eigenvalue weighted by Crippen LogP contribution is 2.34. The van der Waals surface area contributed by atoms with Crippen LogP contribution in [-0.2, 0) is 11.3 Å². The Kier molecular flexibility index (Phi) is 4.55. The van der Waals surface area contributed by atoms with Crippen LogP contribution in [0, 0.1) is 5.92 Å². The highest BCUT2D eigenvalue weighted by atomic mass is 19.1. The standard InChI is InChI=1S/C20H24FN3O/c21-18(16-4-2-1-3-5-16)20(25)23-11-8-17(9-12-23)19-22-10-13-24(19)14-15-6-7-15/h1-5,10,13,15,17-18H,6-9,11-12,14H2. The quantitative estimate of drug-likeness (QED) is 0.831. The summed E-state index contributed by atoms with van der Waals surface area (Å²) in [5.41, 5.74) is 0.439. The van der Waals surface area contributed by atoms with Gasteiger partial charge < -0.3 is 9.47 Å². The SMILES string of the molecule is O=C(C(F)c1ccccc1)N1CCC(c2nccn2CC2CC2)CC1. The average molecular weight is 341 g/mol. The Balaban J connectivity index is 1.36. The van der Waals surface area contributed by atoms with Gasteiger partial charge in [-0.25, -0.2) is 9.37 Å². The molecule has 1 amide bonds. The van der Waals surface area contributed by atoms with Crippen LogP contribution in [-0.4, -0.2) is 33.4 Å². The maximum absolute atomic E-state index is 14.5. The number of hydrogen-bond donors (Lipinski definition) is 0. The van der Waals surface area contributed by atoms with Crippen molar-refractivity contribution in [1.29, 1.82) is 0 Å². The lowest BCUT2D eigenvalue weighted by Gasteiger charge is -2.32. The summed E-state index contributed by atoms with van der Waals surface area (Å²) in [5, 5.41) is 0. The van der Waals surface area contributed by atoms with Crippen LogP contribution in [0.3, 0.4) is 0 Å². The molecule has 1 saturated heterocycles. The van der Waals surface area contributed by atoms with Gasteiger partial charge in [0.25, 0.3) is 5.91 Å². The van der Waals surface area contributed by atoms with Gasteiger partial charge in [0, 0.05) is 37.9 Å². The van der Waals surface area contributed by atoms with Gasteiger partial charge in [0.2, 0.25) is 6.17 Å². The van der Waals surface area contributed by atoms with Gasteiger partial charge in [-0.2, -0.15) is 0 Å². The molecule has 4 nitrogen and oxygen atoms in total. The monoisotopic (exact) mass is 341 g/mol. The minimum atomic E-state index is -1.56. The number of amides is 1. The second kappa shape index (κ2) is 6.98. The summed E-state index contributed by atoms with van der Waals surface area (Å²) < 4.78 is 16.8. The molecule has 2 heterocycles. The topological polar surface area (TPSA) is 38.1 Å². The van der Waals surface area contributed by atoms with Crippen molar-refractivity contribution in [3.05, 3.63) is 54.1 Å². The molecule has 25 heavy (non-hydrogen) atoms. The van der Waals surface area contributed by atoms with Crippen molar-refractivity contribution in [2.75, 3.05) is 13.1 Å². The van der Waals surface area contributed by atoms with Crippen LogP contribution < -0.4 is 0 Å². The molecule has 2 fully saturated rings. The molecule has 0 N–H and O–H groups in total. The molecule has 1 saturated carbocycles. The Labute approximate surface area is 147 Å². The molecule has 1 unspecified atom stereocenters. The van der Waals surface area contributed by atoms with Crippen molar-refractivity contribution in [3.63, 3.8) is 0 Å². The van der Waals surface area contributed by atoms with Crippen molar-refractivity contribution < 1.29 is 9.18 Å². The number of likely N-dealkylation sites (tertiary alicyclic amines) is 1. The Bertz CT molecular complexity index is 718. The number of nitrogens with zero attached hydrogens (tertiary/aromatic N) is 3. The number of carbonyl (C=O) groups excluding carboxylic acids is 1. The summed E-state index contributed by atoms with van der Waals surface area (Å²) in [6, 6.07) is 8.70. The molecule has 1 aromatic carbocycles. The van der Waals surface area contributed by atoms with E-state index in [1.807, 2.05) is 12.3 Å². The number of alkyl halides is 1. The number of piperidine rings is 1. The summed E-state index contributed by atoms with van der Waals surface area (Å²) in [5.74, 6) is 1.91. The molecule has 132 valence electrons. The molecule has 0 radical (unpaired) electrons. The van der Waals surface area contributed by atoms with Crippen molar-refractivity contribution in [2.45, 2.75) is 44.3 Å². The van der Waals surface area contributed by atoms with E-state index < -0.39 is 12.1 Å². The Morgan fingerprint density at radius 2 is 1.88 bits per heavy atom. The Morgan fingerprint density at radius 1 is 1.16 bits per heavy atom. The lowest BCUT2D eigenvalue weighted by molar-refractivity contribution is -0.137. The van der Waals surface area contributed by atoms with Crippen molar-refractivity contribution in [3.8, 4) is 0 Å². The normalized spacial score (nSPS) is 19.8. The number of benzene rings is 1. The summed E-state index contributed by atoms with van der Waals surface area (Å²) in [4.78, 5) is 18.7. The van der Waals surface area contributed by atoms with Crippen molar-refractivity contribution in [1.82, 2.24) is 14.5 Å². The van der Waals surface area contributed by atoms with Gasteiger partial charge in [-0.05, 0) is 37.2 Å². The number of aromatic nitrogens is 2. The van der Waals surface area contributed by atoms with E-state index in [9.17, 15) is 9.18 Å². The van der Waals surface area contributed by atoms with Gasteiger partial charge in [-0.15, -0.1) is 0 Å². The maximum atomic E-state index is 14.5. The van der Waals surface area contributed by atoms with Gasteiger partial charge in [-0.1, -0.05) is 30.3 Å². The van der Waals surface area contributed by atoms with Crippen molar-refractivity contribution in [2.24, 2.45) is 5.92 Å². The zero-order valence-corrected chi connectivity index (χ0v) is 14.4. The number of carbonyl (C=O) groups is 1. The molecule has 1 aliphatic carbocycles. The third-order valence-electron chi connectivity index (χ3n) is 5.38. The molecule has 2 aliphatic rings. The molecule has 1 aromatic heterocycles. The van der Waals surface area contributed by atoms with Gasteiger partial charge in [0.05, 0.1) is 0 Å². The maximum Gasteiger partial charge on any atom is 0.261 e. The van der Waals surface area contributed by atoms with Crippen LogP contribution in [0.25, 0.3) is 0 Å². The zero-order valence-electron chi connectivity index (χ0n) is 14.4. The van der Waals surface area contributed by atoms with E-state index >= 15 is 0 Å². The largest absolute Gasteiger partial charge is 0.340 e. The molecular weight excluding hydrogens is 317 g/mol. The van der Waals surface area contributed by atoms with Gasteiger partial charge in [-0.3, -0.25) is 4.79 Å². The third kappa shape index (κ3) is 3.60. The van der Waals surface area contributed by atoms with E-state index in [4.69, 9.17) is 0 Å². The third-order valence-corrected chi connectivity index (χ3v) is 5.38. The minimum Gasteiger partial charge on any atom is -0.340 e. The highest BCUT2D eigenvalue weighted by Gasteiger charge is 2.31. The second-order valence-electron chi connectivity index (χ2n) is 7.25. The molecular formula is C20H24FN3O. The van der Waals surface area contributed by atoms with E-state index in [1.165, 1.54) is 12.8 Å².